The maximum absolute atomic E-state index is 12.5. The molecule has 162 valence electrons. The number of nitrogens with zero attached hydrogens (tertiary/aromatic N) is 3. The van der Waals surface area contributed by atoms with E-state index in [1.165, 1.54) is 0 Å². The molecule has 2 N–H and O–H groups in total. The second-order valence-corrected chi connectivity index (χ2v) is 9.17. The van der Waals surface area contributed by atoms with E-state index >= 15 is 0 Å². The van der Waals surface area contributed by atoms with Crippen LogP contribution in [0.2, 0.25) is 0 Å². The van der Waals surface area contributed by atoms with Crippen molar-refractivity contribution < 1.29 is 13.2 Å². The molecule has 3 aromatic rings. The van der Waals surface area contributed by atoms with E-state index in [2.05, 4.69) is 25.1 Å². The van der Waals surface area contributed by atoms with Gasteiger partial charge in [-0.05, 0) is 36.8 Å². The first kappa shape index (κ1) is 21.1. The summed E-state index contributed by atoms with van der Waals surface area (Å²) in [5.74, 6) is 0.550. The summed E-state index contributed by atoms with van der Waals surface area (Å²) in [4.78, 5) is 2.20. The topological polar surface area (TPSA) is 96.5 Å². The molecule has 0 aliphatic carbocycles. The van der Waals surface area contributed by atoms with E-state index in [0.29, 0.717) is 24.7 Å². The van der Waals surface area contributed by atoms with E-state index in [-0.39, 0.29) is 5.75 Å². The average Bonchev–Trinajstić information content (AvgIpc) is 2.77. The molecule has 0 bridgehead atoms. The van der Waals surface area contributed by atoms with Crippen molar-refractivity contribution >= 4 is 32.9 Å². The van der Waals surface area contributed by atoms with Gasteiger partial charge in [0.2, 0.25) is 10.0 Å². The molecule has 31 heavy (non-hydrogen) atoms. The normalized spacial score (nSPS) is 14.3. The van der Waals surface area contributed by atoms with Crippen LogP contribution in [0.5, 0.6) is 0 Å². The number of ether oxygens (including phenoxy) is 1. The van der Waals surface area contributed by atoms with Gasteiger partial charge in [-0.1, -0.05) is 29.8 Å². The fraction of sp³-hybridized carbons (Fsp3) is 0.273. The third-order valence-electron chi connectivity index (χ3n) is 4.92. The van der Waals surface area contributed by atoms with Crippen LogP contribution in [0.15, 0.2) is 60.8 Å². The van der Waals surface area contributed by atoms with Gasteiger partial charge in [0.05, 0.1) is 30.9 Å². The van der Waals surface area contributed by atoms with Gasteiger partial charge in [-0.3, -0.25) is 4.72 Å². The van der Waals surface area contributed by atoms with Crippen molar-refractivity contribution in [2.75, 3.05) is 41.2 Å². The molecular weight excluding hydrogens is 414 g/mol. The van der Waals surface area contributed by atoms with Gasteiger partial charge in [0.25, 0.3) is 0 Å². The maximum Gasteiger partial charge on any atom is 0.236 e. The molecule has 1 saturated heterocycles. The van der Waals surface area contributed by atoms with Gasteiger partial charge in [-0.2, -0.15) is 5.10 Å². The zero-order chi connectivity index (χ0) is 21.7. The van der Waals surface area contributed by atoms with Crippen LogP contribution in [-0.4, -0.2) is 44.9 Å². The summed E-state index contributed by atoms with van der Waals surface area (Å²) >= 11 is 0. The Hall–Kier alpha value is -3.17. The lowest BCUT2D eigenvalue weighted by atomic mass is 10.2. The largest absolute Gasteiger partial charge is 0.378 e. The van der Waals surface area contributed by atoms with Crippen LogP contribution in [-0.2, 0) is 20.5 Å². The predicted octanol–water partition coefficient (Wildman–Crippen LogP) is 3.31. The Balaban J connectivity index is 1.38. The van der Waals surface area contributed by atoms with Crippen molar-refractivity contribution in [1.29, 1.82) is 0 Å². The molecule has 0 spiro atoms. The standard InChI is InChI=1S/C22H25N5O3S/c1-17-2-4-18(5-3-17)16-31(28,29)26-20-8-6-19(7-9-20)24-22-14-21(15-23-25-22)27-10-12-30-13-11-27/h2-9,14-15,26H,10-13,16H2,1H3,(H,24,25). The van der Waals surface area contributed by atoms with E-state index in [0.717, 1.165) is 35.6 Å². The molecule has 1 aromatic heterocycles. The lowest BCUT2D eigenvalue weighted by Gasteiger charge is -2.28. The highest BCUT2D eigenvalue weighted by molar-refractivity contribution is 7.91. The van der Waals surface area contributed by atoms with Crippen LogP contribution in [0.25, 0.3) is 0 Å². The van der Waals surface area contributed by atoms with Crippen LogP contribution in [0.3, 0.4) is 0 Å². The van der Waals surface area contributed by atoms with Gasteiger partial charge in [0, 0.05) is 30.5 Å². The van der Waals surface area contributed by atoms with Crippen molar-refractivity contribution in [3.05, 3.63) is 71.9 Å². The van der Waals surface area contributed by atoms with Crippen molar-refractivity contribution in [2.45, 2.75) is 12.7 Å². The minimum Gasteiger partial charge on any atom is -0.378 e. The number of aryl methyl sites for hydroxylation is 1. The SMILES string of the molecule is Cc1ccc(CS(=O)(=O)Nc2ccc(Nc3cc(N4CCOCC4)cnn3)cc2)cc1. The number of benzene rings is 2. The third-order valence-corrected chi connectivity index (χ3v) is 6.18. The second-order valence-electron chi connectivity index (χ2n) is 7.45. The minimum atomic E-state index is -3.50. The van der Waals surface area contributed by atoms with E-state index in [4.69, 9.17) is 4.74 Å². The second kappa shape index (κ2) is 9.32. The van der Waals surface area contributed by atoms with Gasteiger partial charge < -0.3 is 15.0 Å². The van der Waals surface area contributed by atoms with Crippen LogP contribution in [0, 0.1) is 6.92 Å². The number of hydrogen-bond acceptors (Lipinski definition) is 7. The smallest absolute Gasteiger partial charge is 0.236 e. The van der Waals surface area contributed by atoms with Gasteiger partial charge in [0.15, 0.2) is 5.82 Å². The molecule has 1 fully saturated rings. The summed E-state index contributed by atoms with van der Waals surface area (Å²) in [5.41, 5.74) is 4.12. The number of aromatic nitrogens is 2. The lowest BCUT2D eigenvalue weighted by Crippen LogP contribution is -2.36. The molecule has 0 radical (unpaired) electrons. The number of morpholine rings is 1. The Kier molecular flexibility index (Phi) is 6.34. The number of rotatable bonds is 7. The van der Waals surface area contributed by atoms with Gasteiger partial charge in [0.1, 0.15) is 0 Å². The highest BCUT2D eigenvalue weighted by Gasteiger charge is 2.13. The zero-order valence-corrected chi connectivity index (χ0v) is 18.1. The average molecular weight is 440 g/mol. The number of sulfonamides is 1. The lowest BCUT2D eigenvalue weighted by molar-refractivity contribution is 0.122. The monoisotopic (exact) mass is 439 g/mol. The fourth-order valence-electron chi connectivity index (χ4n) is 3.30. The summed E-state index contributed by atoms with van der Waals surface area (Å²) in [6.07, 6.45) is 1.74. The molecule has 4 rings (SSSR count). The van der Waals surface area contributed by atoms with Crippen LogP contribution >= 0.6 is 0 Å². The van der Waals surface area contributed by atoms with Crippen molar-refractivity contribution in [1.82, 2.24) is 10.2 Å². The molecule has 0 unspecified atom stereocenters. The summed E-state index contributed by atoms with van der Waals surface area (Å²) in [6, 6.07) is 16.4. The molecule has 2 heterocycles. The summed E-state index contributed by atoms with van der Waals surface area (Å²) in [6.45, 7) is 5.01. The third kappa shape index (κ3) is 5.93. The number of hydrogen-bond donors (Lipinski definition) is 2. The Labute approximate surface area is 182 Å². The minimum absolute atomic E-state index is 0.0722. The van der Waals surface area contributed by atoms with Crippen LogP contribution < -0.4 is 14.9 Å². The molecule has 0 saturated carbocycles. The predicted molar refractivity (Wildman–Crippen MR) is 122 cm³/mol. The highest BCUT2D eigenvalue weighted by atomic mass is 32.2. The molecule has 2 aromatic carbocycles. The summed E-state index contributed by atoms with van der Waals surface area (Å²) < 4.78 is 32.9. The van der Waals surface area contributed by atoms with Gasteiger partial charge in [-0.15, -0.1) is 5.10 Å². The van der Waals surface area contributed by atoms with Gasteiger partial charge >= 0.3 is 0 Å². The molecule has 1 aliphatic heterocycles. The Morgan fingerprint density at radius 3 is 2.39 bits per heavy atom. The van der Waals surface area contributed by atoms with Crippen molar-refractivity contribution in [3.63, 3.8) is 0 Å². The van der Waals surface area contributed by atoms with Crippen molar-refractivity contribution in [2.24, 2.45) is 0 Å². The van der Waals surface area contributed by atoms with E-state index in [1.807, 2.05) is 37.3 Å². The summed E-state index contributed by atoms with van der Waals surface area (Å²) in [7, 11) is -3.50. The first-order valence-electron chi connectivity index (χ1n) is 10.1. The van der Waals surface area contributed by atoms with Crippen LogP contribution in [0.4, 0.5) is 22.9 Å². The summed E-state index contributed by atoms with van der Waals surface area (Å²) in [5, 5.41) is 11.4. The van der Waals surface area contributed by atoms with Crippen molar-refractivity contribution in [3.8, 4) is 0 Å². The van der Waals surface area contributed by atoms with E-state index in [1.54, 1.807) is 30.5 Å². The van der Waals surface area contributed by atoms with Gasteiger partial charge in [-0.25, -0.2) is 8.42 Å². The first-order valence-corrected chi connectivity index (χ1v) is 11.7. The Morgan fingerprint density at radius 1 is 1.00 bits per heavy atom. The number of nitrogens with one attached hydrogen (secondary N) is 2. The highest BCUT2D eigenvalue weighted by Crippen LogP contribution is 2.22. The Bertz CT molecular complexity index is 1110. The zero-order valence-electron chi connectivity index (χ0n) is 17.3. The van der Waals surface area contributed by atoms with E-state index in [9.17, 15) is 8.42 Å². The van der Waals surface area contributed by atoms with Crippen LogP contribution in [0.1, 0.15) is 11.1 Å². The molecule has 0 amide bonds. The molecule has 0 atom stereocenters. The Morgan fingerprint density at radius 2 is 1.68 bits per heavy atom. The first-order chi connectivity index (χ1) is 15.0. The molecule has 8 nitrogen and oxygen atoms in total. The van der Waals surface area contributed by atoms with E-state index < -0.39 is 10.0 Å². The maximum atomic E-state index is 12.5. The number of anilines is 4. The molecule has 9 heteroatoms. The quantitative estimate of drug-likeness (QED) is 0.583. The fourth-order valence-corrected chi connectivity index (χ4v) is 4.50. The molecular formula is C22H25N5O3S. The molecule has 1 aliphatic rings.